The zero-order valence-corrected chi connectivity index (χ0v) is 14.2. The Balaban J connectivity index is 0.00000576. The molecule has 0 heterocycles. The van der Waals surface area contributed by atoms with Crippen LogP contribution in [0.3, 0.4) is 0 Å². The maximum atomic E-state index is 13.0. The fourth-order valence-corrected chi connectivity index (χ4v) is 2.66. The first-order valence-corrected chi connectivity index (χ1v) is 7.69. The van der Waals surface area contributed by atoms with Gasteiger partial charge < -0.3 is 10.5 Å². The van der Waals surface area contributed by atoms with E-state index in [0.717, 1.165) is 7.11 Å². The zero-order valence-electron chi connectivity index (χ0n) is 12.6. The van der Waals surface area contributed by atoms with Crippen LogP contribution in [0.15, 0.2) is 23.1 Å². The van der Waals surface area contributed by atoms with Crippen molar-refractivity contribution in [3.8, 4) is 0 Å². The summed E-state index contributed by atoms with van der Waals surface area (Å²) in [6.45, 7) is -2.53. The van der Waals surface area contributed by atoms with Gasteiger partial charge in [0.15, 0.2) is 0 Å². The lowest BCUT2D eigenvalue weighted by atomic mass is 10.1. The molecule has 0 fully saturated rings. The number of nitrogens with two attached hydrogens (primary N) is 1. The highest BCUT2D eigenvalue weighted by atomic mass is 35.5. The molecule has 1 aromatic carbocycles. The lowest BCUT2D eigenvalue weighted by Gasteiger charge is -2.16. The van der Waals surface area contributed by atoms with E-state index < -0.39 is 57.2 Å². The Morgan fingerprint density at radius 2 is 1.80 bits per heavy atom. The lowest BCUT2D eigenvalue weighted by Crippen LogP contribution is -2.41. The second-order valence-electron chi connectivity index (χ2n) is 4.58. The SMILES string of the molecule is COC(=O)c1ccc(S(=O)(=O)NCC(F)(F)CN)cc1C(F)(F)F.Cl. The molecule has 13 heteroatoms. The molecule has 0 radical (unpaired) electrons. The minimum atomic E-state index is -5.06. The Morgan fingerprint density at radius 1 is 1.24 bits per heavy atom. The first kappa shape index (κ1) is 23.5. The quantitative estimate of drug-likeness (QED) is 0.548. The number of rotatable bonds is 6. The van der Waals surface area contributed by atoms with Gasteiger partial charge in [-0.05, 0) is 18.2 Å². The molecule has 3 N–H and O–H groups in total. The third-order valence-electron chi connectivity index (χ3n) is 2.83. The predicted octanol–water partition coefficient (Wildman–Crippen LogP) is 1.79. The molecule has 0 amide bonds. The molecule has 0 atom stereocenters. The summed E-state index contributed by atoms with van der Waals surface area (Å²) < 4.78 is 94.3. The number of carbonyl (C=O) groups is 1. The molecule has 1 rings (SSSR count). The van der Waals surface area contributed by atoms with Crippen LogP contribution in [0.2, 0.25) is 0 Å². The summed E-state index contributed by atoms with van der Waals surface area (Å²) in [6, 6.07) is 1.42. The normalized spacial score (nSPS) is 12.4. The van der Waals surface area contributed by atoms with Crippen molar-refractivity contribution in [2.75, 3.05) is 20.2 Å². The van der Waals surface area contributed by atoms with Crippen LogP contribution in [0.25, 0.3) is 0 Å². The third kappa shape index (κ3) is 6.06. The van der Waals surface area contributed by atoms with Crippen molar-refractivity contribution in [2.24, 2.45) is 5.73 Å². The predicted molar refractivity (Wildman–Crippen MR) is 79.2 cm³/mol. The van der Waals surface area contributed by atoms with Crippen molar-refractivity contribution >= 4 is 28.4 Å². The maximum absolute atomic E-state index is 13.0. The van der Waals surface area contributed by atoms with Gasteiger partial charge in [0.25, 0.3) is 5.92 Å². The molecule has 0 aromatic heterocycles. The number of sulfonamides is 1. The summed E-state index contributed by atoms with van der Waals surface area (Å²) in [5.41, 5.74) is 2.27. The van der Waals surface area contributed by atoms with Crippen LogP contribution in [0.5, 0.6) is 0 Å². The number of alkyl halides is 5. The Bertz CT molecular complexity index is 725. The fourth-order valence-electron chi connectivity index (χ4n) is 1.57. The van der Waals surface area contributed by atoms with Gasteiger partial charge in [-0.25, -0.2) is 26.7 Å². The highest BCUT2D eigenvalue weighted by Crippen LogP contribution is 2.34. The largest absolute Gasteiger partial charge is 0.465 e. The summed E-state index contributed by atoms with van der Waals surface area (Å²) in [6.07, 6.45) is -5.06. The second-order valence-corrected chi connectivity index (χ2v) is 6.35. The van der Waals surface area contributed by atoms with Crippen LogP contribution in [0, 0.1) is 0 Å². The summed E-state index contributed by atoms with van der Waals surface area (Å²) in [4.78, 5) is 10.4. The number of ether oxygens (including phenoxy) is 1. The molecule has 0 aliphatic rings. The number of esters is 1. The molecule has 0 saturated heterocycles. The number of hydrogen-bond acceptors (Lipinski definition) is 5. The monoisotopic (exact) mass is 412 g/mol. The number of halogens is 6. The van der Waals surface area contributed by atoms with E-state index in [1.165, 1.54) is 4.72 Å². The third-order valence-corrected chi connectivity index (χ3v) is 4.23. The van der Waals surface area contributed by atoms with Crippen LogP contribution in [0.4, 0.5) is 22.0 Å². The second kappa shape index (κ2) is 8.25. The summed E-state index contributed by atoms with van der Waals surface area (Å²) in [7, 11) is -3.82. The van der Waals surface area contributed by atoms with Crippen LogP contribution < -0.4 is 10.5 Å². The van der Waals surface area contributed by atoms with Gasteiger partial charge in [0, 0.05) is 0 Å². The van der Waals surface area contributed by atoms with Crippen LogP contribution in [0.1, 0.15) is 15.9 Å². The molecule has 0 spiro atoms. The Kier molecular flexibility index (Phi) is 7.76. The van der Waals surface area contributed by atoms with Gasteiger partial charge >= 0.3 is 12.1 Å². The Morgan fingerprint density at radius 3 is 2.24 bits per heavy atom. The first-order valence-electron chi connectivity index (χ1n) is 6.21. The lowest BCUT2D eigenvalue weighted by molar-refractivity contribution is -0.138. The van der Waals surface area contributed by atoms with Gasteiger partial charge in [-0.2, -0.15) is 13.2 Å². The van der Waals surface area contributed by atoms with E-state index >= 15 is 0 Å². The van der Waals surface area contributed by atoms with Crippen molar-refractivity contribution in [1.29, 1.82) is 0 Å². The Hall–Kier alpha value is -1.50. The van der Waals surface area contributed by atoms with Gasteiger partial charge in [0.2, 0.25) is 10.0 Å². The minimum absolute atomic E-state index is 0. The topological polar surface area (TPSA) is 98.5 Å². The van der Waals surface area contributed by atoms with Crippen LogP contribution in [-0.2, 0) is 20.9 Å². The van der Waals surface area contributed by atoms with Gasteiger partial charge in [0.05, 0.1) is 36.2 Å². The van der Waals surface area contributed by atoms with Crippen molar-refractivity contribution in [1.82, 2.24) is 4.72 Å². The number of nitrogens with one attached hydrogen (secondary N) is 1. The number of methoxy groups -OCH3 is 1. The highest BCUT2D eigenvalue weighted by Gasteiger charge is 2.37. The van der Waals surface area contributed by atoms with E-state index in [2.05, 4.69) is 4.74 Å². The van der Waals surface area contributed by atoms with E-state index in [-0.39, 0.29) is 18.5 Å². The van der Waals surface area contributed by atoms with Gasteiger partial charge in [-0.15, -0.1) is 12.4 Å². The molecule has 6 nitrogen and oxygen atoms in total. The van der Waals surface area contributed by atoms with Crippen molar-refractivity contribution in [2.45, 2.75) is 17.0 Å². The minimum Gasteiger partial charge on any atom is -0.465 e. The highest BCUT2D eigenvalue weighted by molar-refractivity contribution is 7.89. The molecule has 0 bridgehead atoms. The van der Waals surface area contributed by atoms with E-state index in [9.17, 15) is 35.2 Å². The summed E-state index contributed by atoms with van der Waals surface area (Å²) in [5, 5.41) is 0. The molecule has 144 valence electrons. The number of carbonyl (C=O) groups excluding carboxylic acids is 1. The molecule has 1 aromatic rings. The average Bonchev–Trinajstić information content (AvgIpc) is 2.51. The van der Waals surface area contributed by atoms with Gasteiger partial charge in [-0.3, -0.25) is 0 Å². The van der Waals surface area contributed by atoms with E-state index in [4.69, 9.17) is 5.73 Å². The molecule has 25 heavy (non-hydrogen) atoms. The van der Waals surface area contributed by atoms with Crippen molar-refractivity contribution < 1.29 is 39.9 Å². The van der Waals surface area contributed by atoms with E-state index in [0.29, 0.717) is 12.1 Å². The summed E-state index contributed by atoms with van der Waals surface area (Å²) >= 11 is 0. The zero-order chi connectivity index (χ0) is 18.8. The molecule has 0 unspecified atom stereocenters. The Labute approximate surface area is 146 Å². The van der Waals surface area contributed by atoms with Crippen LogP contribution in [-0.4, -0.2) is 40.5 Å². The molecular formula is C12H14ClF5N2O4S. The summed E-state index contributed by atoms with van der Waals surface area (Å²) in [5.74, 6) is -4.89. The fraction of sp³-hybridized carbons (Fsp3) is 0.417. The molecule has 0 aliphatic heterocycles. The van der Waals surface area contributed by atoms with Crippen molar-refractivity contribution in [3.63, 3.8) is 0 Å². The van der Waals surface area contributed by atoms with E-state index in [1.807, 2.05) is 0 Å². The van der Waals surface area contributed by atoms with Gasteiger partial charge in [-0.1, -0.05) is 0 Å². The standard InChI is InChI=1S/C12H13F5N2O4S.ClH/c1-23-10(20)8-3-2-7(4-9(8)12(15,16)17)24(21,22)19-6-11(13,14)5-18;/h2-4,19H,5-6,18H2,1H3;1H. The van der Waals surface area contributed by atoms with Gasteiger partial charge in [0.1, 0.15) is 0 Å². The molecule has 0 saturated carbocycles. The average molecular weight is 413 g/mol. The smallest absolute Gasteiger partial charge is 0.417 e. The number of benzene rings is 1. The first-order chi connectivity index (χ1) is 10.8. The van der Waals surface area contributed by atoms with E-state index in [1.54, 1.807) is 0 Å². The molecular weight excluding hydrogens is 399 g/mol. The maximum Gasteiger partial charge on any atom is 0.417 e. The van der Waals surface area contributed by atoms with Crippen LogP contribution >= 0.6 is 12.4 Å². The molecule has 0 aliphatic carbocycles. The van der Waals surface area contributed by atoms with Crippen molar-refractivity contribution in [3.05, 3.63) is 29.3 Å². The number of hydrogen-bond donors (Lipinski definition) is 2.